The average Bonchev–Trinajstić information content (AvgIpc) is 2.67. The fraction of sp³-hybridized carbons (Fsp3) is 0.474. The number of hydrogen-bond donors (Lipinski definition) is 2. The summed E-state index contributed by atoms with van der Waals surface area (Å²) < 4.78 is 16.2. The highest BCUT2D eigenvalue weighted by atomic mass is 16.6. The predicted octanol–water partition coefficient (Wildman–Crippen LogP) is 2.97. The molecule has 1 aromatic rings. The van der Waals surface area contributed by atoms with Gasteiger partial charge in [-0.2, -0.15) is 0 Å². The Labute approximate surface area is 168 Å². The zero-order chi connectivity index (χ0) is 21.6. The monoisotopic (exact) mass is 407 g/mol. The van der Waals surface area contributed by atoms with Crippen LogP contribution in [0.15, 0.2) is 23.4 Å². The molecule has 29 heavy (non-hydrogen) atoms. The van der Waals surface area contributed by atoms with E-state index in [1.54, 1.807) is 27.7 Å². The van der Waals surface area contributed by atoms with Crippen molar-refractivity contribution >= 4 is 17.7 Å². The molecule has 10 heteroatoms. The Bertz CT molecular complexity index is 835. The number of ether oxygens (including phenoxy) is 3. The van der Waals surface area contributed by atoms with Crippen LogP contribution in [-0.2, 0) is 9.53 Å². The van der Waals surface area contributed by atoms with Gasteiger partial charge in [0.05, 0.1) is 36.4 Å². The lowest BCUT2D eigenvalue weighted by molar-refractivity contribution is -0.385. The molecule has 1 heterocycles. The van der Waals surface area contributed by atoms with Gasteiger partial charge in [-0.05, 0) is 27.2 Å². The third-order valence-corrected chi connectivity index (χ3v) is 4.20. The number of rotatable bonds is 9. The van der Waals surface area contributed by atoms with Crippen molar-refractivity contribution in [3.63, 3.8) is 0 Å². The van der Waals surface area contributed by atoms with Crippen molar-refractivity contribution in [2.45, 2.75) is 40.2 Å². The Balaban J connectivity index is 2.73. The summed E-state index contributed by atoms with van der Waals surface area (Å²) in [5.74, 6) is -0.311. The second-order valence-corrected chi connectivity index (χ2v) is 5.98. The van der Waals surface area contributed by atoms with Crippen LogP contribution in [0.5, 0.6) is 11.5 Å². The van der Waals surface area contributed by atoms with E-state index in [1.807, 2.05) is 0 Å². The number of nitrogens with one attached hydrogen (secondary N) is 2. The standard InChI is InChI=1S/C19H25N3O7/c1-5-12-16(18(23)29-8-4)17(21-19(24)20-12)11-9-13(22(25)26)15(28-7-3)10-14(11)27-6-2/h9-10,17H,5-8H2,1-4H3,(H2,20,21,24). The molecule has 1 aliphatic rings. The summed E-state index contributed by atoms with van der Waals surface area (Å²) >= 11 is 0. The molecule has 0 saturated heterocycles. The summed E-state index contributed by atoms with van der Waals surface area (Å²) in [6.45, 7) is 7.55. The summed E-state index contributed by atoms with van der Waals surface area (Å²) in [5.41, 5.74) is 0.537. The first kappa shape index (κ1) is 22.0. The highest BCUT2D eigenvalue weighted by Crippen LogP contribution is 2.41. The van der Waals surface area contributed by atoms with Crippen LogP contribution in [-0.4, -0.2) is 36.7 Å². The number of carbonyl (C=O) groups is 2. The minimum atomic E-state index is -0.978. The Hall–Kier alpha value is -3.30. The van der Waals surface area contributed by atoms with Gasteiger partial charge < -0.3 is 24.8 Å². The van der Waals surface area contributed by atoms with E-state index >= 15 is 0 Å². The summed E-state index contributed by atoms with van der Waals surface area (Å²) in [7, 11) is 0. The maximum Gasteiger partial charge on any atom is 0.338 e. The molecule has 2 amide bonds. The first-order valence-electron chi connectivity index (χ1n) is 9.43. The van der Waals surface area contributed by atoms with Crippen LogP contribution in [0.3, 0.4) is 0 Å². The lowest BCUT2D eigenvalue weighted by Crippen LogP contribution is -2.46. The molecule has 0 spiro atoms. The second-order valence-electron chi connectivity index (χ2n) is 5.98. The Morgan fingerprint density at radius 2 is 1.76 bits per heavy atom. The number of amides is 2. The first-order chi connectivity index (χ1) is 13.9. The van der Waals surface area contributed by atoms with Crippen LogP contribution in [0.2, 0.25) is 0 Å². The molecule has 2 N–H and O–H groups in total. The third kappa shape index (κ3) is 4.76. The highest BCUT2D eigenvalue weighted by molar-refractivity contribution is 5.95. The average molecular weight is 407 g/mol. The number of benzene rings is 1. The summed E-state index contributed by atoms with van der Waals surface area (Å²) in [6, 6.07) is 1.16. The fourth-order valence-electron chi connectivity index (χ4n) is 3.07. The van der Waals surface area contributed by atoms with E-state index in [0.717, 1.165) is 0 Å². The summed E-state index contributed by atoms with van der Waals surface area (Å²) in [5, 5.41) is 16.8. The van der Waals surface area contributed by atoms with E-state index in [0.29, 0.717) is 12.1 Å². The van der Waals surface area contributed by atoms with Crippen LogP contribution in [0, 0.1) is 10.1 Å². The first-order valence-corrected chi connectivity index (χ1v) is 9.43. The molecular formula is C19H25N3O7. The van der Waals surface area contributed by atoms with Crippen molar-refractivity contribution in [1.82, 2.24) is 10.6 Å². The second kappa shape index (κ2) is 9.76. The van der Waals surface area contributed by atoms with Crippen molar-refractivity contribution < 1.29 is 28.7 Å². The lowest BCUT2D eigenvalue weighted by atomic mass is 9.93. The Kier molecular flexibility index (Phi) is 7.40. The van der Waals surface area contributed by atoms with Gasteiger partial charge in [-0.25, -0.2) is 9.59 Å². The number of urea groups is 1. The number of nitrogens with zero attached hydrogens (tertiary/aromatic N) is 1. The molecule has 0 saturated carbocycles. The topological polar surface area (TPSA) is 129 Å². The molecule has 1 atom stereocenters. The zero-order valence-electron chi connectivity index (χ0n) is 16.9. The number of allylic oxidation sites excluding steroid dienone is 1. The van der Waals surface area contributed by atoms with Crippen LogP contribution >= 0.6 is 0 Å². The molecule has 0 aromatic heterocycles. The van der Waals surface area contributed by atoms with Gasteiger partial charge in [-0.15, -0.1) is 0 Å². The SMILES string of the molecule is CCOC(=O)C1=C(CC)NC(=O)NC1c1cc([N+](=O)[O-])c(OCC)cc1OCC. The number of nitro benzene ring substituents is 1. The number of esters is 1. The lowest BCUT2D eigenvalue weighted by Gasteiger charge is -2.30. The van der Waals surface area contributed by atoms with Crippen LogP contribution in [0.1, 0.15) is 45.7 Å². The molecule has 0 radical (unpaired) electrons. The molecular weight excluding hydrogens is 382 g/mol. The molecule has 1 unspecified atom stereocenters. The van der Waals surface area contributed by atoms with Crippen LogP contribution in [0.4, 0.5) is 10.5 Å². The van der Waals surface area contributed by atoms with Crippen LogP contribution < -0.4 is 20.1 Å². The van der Waals surface area contributed by atoms with Gasteiger partial charge >= 0.3 is 17.7 Å². The molecule has 1 aromatic carbocycles. The van der Waals surface area contributed by atoms with Gasteiger partial charge in [0.25, 0.3) is 0 Å². The normalized spacial score (nSPS) is 16.0. The molecule has 1 aliphatic heterocycles. The van der Waals surface area contributed by atoms with E-state index in [1.165, 1.54) is 12.1 Å². The van der Waals surface area contributed by atoms with E-state index in [4.69, 9.17) is 14.2 Å². The van der Waals surface area contributed by atoms with Crippen molar-refractivity contribution in [3.05, 3.63) is 39.1 Å². The summed E-state index contributed by atoms with van der Waals surface area (Å²) in [4.78, 5) is 35.8. The molecule has 0 fully saturated rings. The minimum absolute atomic E-state index is 0.0438. The fourth-order valence-corrected chi connectivity index (χ4v) is 3.07. The van der Waals surface area contributed by atoms with Gasteiger partial charge in [-0.3, -0.25) is 10.1 Å². The Morgan fingerprint density at radius 3 is 2.31 bits per heavy atom. The summed E-state index contributed by atoms with van der Waals surface area (Å²) in [6.07, 6.45) is 0.362. The van der Waals surface area contributed by atoms with Gasteiger partial charge in [0, 0.05) is 23.4 Å². The predicted molar refractivity (Wildman–Crippen MR) is 104 cm³/mol. The van der Waals surface area contributed by atoms with Crippen LogP contribution in [0.25, 0.3) is 0 Å². The maximum atomic E-state index is 12.6. The minimum Gasteiger partial charge on any atom is -0.493 e. The van der Waals surface area contributed by atoms with Crippen molar-refractivity contribution in [2.24, 2.45) is 0 Å². The van der Waals surface area contributed by atoms with Crippen molar-refractivity contribution in [2.75, 3.05) is 19.8 Å². The van der Waals surface area contributed by atoms with Crippen molar-refractivity contribution in [3.8, 4) is 11.5 Å². The number of nitro groups is 1. The third-order valence-electron chi connectivity index (χ3n) is 4.20. The van der Waals surface area contributed by atoms with E-state index in [9.17, 15) is 19.7 Å². The quantitative estimate of drug-likeness (QED) is 0.366. The van der Waals surface area contributed by atoms with Gasteiger partial charge in [0.15, 0.2) is 0 Å². The molecule has 0 aliphatic carbocycles. The Morgan fingerprint density at radius 1 is 1.10 bits per heavy atom. The molecule has 158 valence electrons. The number of hydrogen-bond acceptors (Lipinski definition) is 7. The molecule has 2 rings (SSSR count). The number of carbonyl (C=O) groups excluding carboxylic acids is 2. The molecule has 10 nitrogen and oxygen atoms in total. The zero-order valence-corrected chi connectivity index (χ0v) is 16.9. The van der Waals surface area contributed by atoms with E-state index in [2.05, 4.69) is 10.6 Å². The highest BCUT2D eigenvalue weighted by Gasteiger charge is 2.36. The van der Waals surface area contributed by atoms with Gasteiger partial charge in [0.1, 0.15) is 5.75 Å². The van der Waals surface area contributed by atoms with Gasteiger partial charge in [-0.1, -0.05) is 6.92 Å². The maximum absolute atomic E-state index is 12.6. The molecule has 0 bridgehead atoms. The smallest absolute Gasteiger partial charge is 0.338 e. The van der Waals surface area contributed by atoms with Gasteiger partial charge in [0.2, 0.25) is 5.75 Å². The van der Waals surface area contributed by atoms with Crippen molar-refractivity contribution in [1.29, 1.82) is 0 Å². The largest absolute Gasteiger partial charge is 0.493 e. The van der Waals surface area contributed by atoms with E-state index < -0.39 is 23.0 Å². The van der Waals surface area contributed by atoms with E-state index in [-0.39, 0.29) is 48.1 Å².